The van der Waals surface area contributed by atoms with Crippen molar-refractivity contribution < 1.29 is 4.79 Å². The lowest BCUT2D eigenvalue weighted by atomic mass is 10.3. The molecule has 0 bridgehead atoms. The summed E-state index contributed by atoms with van der Waals surface area (Å²) < 4.78 is 0. The second kappa shape index (κ2) is 11.8. The van der Waals surface area contributed by atoms with Gasteiger partial charge in [0, 0.05) is 57.5 Å². The van der Waals surface area contributed by atoms with E-state index in [1.807, 2.05) is 25.7 Å². The van der Waals surface area contributed by atoms with Gasteiger partial charge in [-0.3, -0.25) is 9.79 Å². The van der Waals surface area contributed by atoms with E-state index >= 15 is 0 Å². The fourth-order valence-electron chi connectivity index (χ4n) is 3.11. The third-order valence-electron chi connectivity index (χ3n) is 4.65. The van der Waals surface area contributed by atoms with E-state index in [0.29, 0.717) is 13.0 Å². The van der Waals surface area contributed by atoms with Crippen molar-refractivity contribution in [3.8, 4) is 0 Å². The van der Waals surface area contributed by atoms with Crippen molar-refractivity contribution >= 4 is 28.3 Å². The van der Waals surface area contributed by atoms with Crippen LogP contribution in [0.2, 0.25) is 0 Å². The first kappa shape index (κ1) is 21.5. The fraction of sp³-hybridized carbons (Fsp3) is 0.737. The van der Waals surface area contributed by atoms with Crippen molar-refractivity contribution in [1.82, 2.24) is 20.5 Å². The molecule has 0 atom stereocenters. The van der Waals surface area contributed by atoms with Crippen molar-refractivity contribution in [1.29, 1.82) is 0 Å². The van der Waals surface area contributed by atoms with Crippen molar-refractivity contribution in [2.24, 2.45) is 4.99 Å². The molecule has 152 valence electrons. The Bertz CT molecular complexity index is 593. The van der Waals surface area contributed by atoms with E-state index in [0.717, 1.165) is 62.5 Å². The van der Waals surface area contributed by atoms with Crippen LogP contribution in [0.25, 0.3) is 0 Å². The Kier molecular flexibility index (Phi) is 9.38. The molecule has 27 heavy (non-hydrogen) atoms. The number of anilines is 1. The molecule has 1 aliphatic heterocycles. The number of nitrogens with one attached hydrogen (secondary N) is 2. The molecule has 0 aromatic carbocycles. The molecule has 8 heteroatoms. The Balaban J connectivity index is 1.75. The van der Waals surface area contributed by atoms with E-state index in [9.17, 15) is 4.79 Å². The number of carbonyl (C=O) groups excluding carboxylic acids is 1. The van der Waals surface area contributed by atoms with Crippen LogP contribution in [0.5, 0.6) is 0 Å². The van der Waals surface area contributed by atoms with Gasteiger partial charge in [0.2, 0.25) is 5.91 Å². The summed E-state index contributed by atoms with van der Waals surface area (Å²) in [6.07, 6.45) is 3.86. The van der Waals surface area contributed by atoms with Gasteiger partial charge in [-0.1, -0.05) is 0 Å². The van der Waals surface area contributed by atoms with E-state index in [-0.39, 0.29) is 5.91 Å². The molecule has 1 aromatic rings. The molecule has 1 saturated heterocycles. The summed E-state index contributed by atoms with van der Waals surface area (Å²) in [6.45, 7) is 11.9. The summed E-state index contributed by atoms with van der Waals surface area (Å²) in [5.41, 5.74) is 1.13. The number of hydrogen-bond donors (Lipinski definition) is 2. The van der Waals surface area contributed by atoms with E-state index in [1.165, 1.54) is 12.8 Å². The second-order valence-electron chi connectivity index (χ2n) is 6.57. The molecule has 7 nitrogen and oxygen atoms in total. The van der Waals surface area contributed by atoms with Gasteiger partial charge in [-0.15, -0.1) is 11.3 Å². The maximum Gasteiger partial charge on any atom is 0.224 e. The zero-order chi connectivity index (χ0) is 19.5. The standard InChI is InChI=1S/C19H34N6OS/c1-4-20-18(22-12-10-17(26)24(5-2)6-3)21-11-9-16-15-27-19(23-16)25-13-7-8-14-25/h15H,4-14H2,1-3H3,(H2,20,21,22). The average molecular weight is 395 g/mol. The van der Waals surface area contributed by atoms with E-state index in [1.54, 1.807) is 11.3 Å². The van der Waals surface area contributed by atoms with Gasteiger partial charge in [0.05, 0.1) is 12.2 Å². The molecule has 1 aromatic heterocycles. The summed E-state index contributed by atoms with van der Waals surface area (Å²) in [4.78, 5) is 25.6. The van der Waals surface area contributed by atoms with Gasteiger partial charge in [0.15, 0.2) is 11.1 Å². The van der Waals surface area contributed by atoms with Gasteiger partial charge in [-0.25, -0.2) is 4.98 Å². The fourth-order valence-corrected chi connectivity index (χ4v) is 4.03. The molecular formula is C19H34N6OS. The van der Waals surface area contributed by atoms with E-state index < -0.39 is 0 Å². The number of aliphatic imine (C=N–C) groups is 1. The van der Waals surface area contributed by atoms with Crippen molar-refractivity contribution in [2.75, 3.05) is 50.7 Å². The summed E-state index contributed by atoms with van der Waals surface area (Å²) in [6, 6.07) is 0. The highest BCUT2D eigenvalue weighted by molar-refractivity contribution is 7.13. The monoisotopic (exact) mass is 394 g/mol. The third-order valence-corrected chi connectivity index (χ3v) is 5.60. The minimum absolute atomic E-state index is 0.163. The van der Waals surface area contributed by atoms with Crippen LogP contribution in [-0.2, 0) is 11.2 Å². The predicted molar refractivity (Wildman–Crippen MR) is 114 cm³/mol. The second-order valence-corrected chi connectivity index (χ2v) is 7.41. The third kappa shape index (κ3) is 7.01. The van der Waals surface area contributed by atoms with Crippen molar-refractivity contribution in [3.05, 3.63) is 11.1 Å². The molecule has 1 aliphatic rings. The van der Waals surface area contributed by atoms with Gasteiger partial charge in [0.25, 0.3) is 0 Å². The number of nitrogens with zero attached hydrogens (tertiary/aromatic N) is 4. The summed E-state index contributed by atoms with van der Waals surface area (Å²) >= 11 is 1.74. The van der Waals surface area contributed by atoms with Crippen LogP contribution in [0.15, 0.2) is 10.4 Å². The van der Waals surface area contributed by atoms with Crippen LogP contribution in [0.4, 0.5) is 5.13 Å². The van der Waals surface area contributed by atoms with Gasteiger partial charge in [-0.05, 0) is 33.6 Å². The highest BCUT2D eigenvalue weighted by atomic mass is 32.1. The predicted octanol–water partition coefficient (Wildman–Crippen LogP) is 2.10. The topological polar surface area (TPSA) is 72.9 Å². The molecule has 0 saturated carbocycles. The Labute approximate surface area is 167 Å². The highest BCUT2D eigenvalue weighted by Gasteiger charge is 2.15. The molecule has 0 spiro atoms. The Hall–Kier alpha value is -1.83. The summed E-state index contributed by atoms with van der Waals surface area (Å²) in [5.74, 6) is 0.927. The Morgan fingerprint density at radius 1 is 1.26 bits per heavy atom. The quantitative estimate of drug-likeness (QED) is 0.470. The van der Waals surface area contributed by atoms with Crippen LogP contribution >= 0.6 is 11.3 Å². The lowest BCUT2D eigenvalue weighted by Crippen LogP contribution is -2.38. The first-order valence-electron chi connectivity index (χ1n) is 10.2. The maximum atomic E-state index is 12.1. The maximum absolute atomic E-state index is 12.1. The van der Waals surface area contributed by atoms with E-state index in [4.69, 9.17) is 4.98 Å². The average Bonchev–Trinajstić information content (AvgIpc) is 3.34. The van der Waals surface area contributed by atoms with Crippen LogP contribution < -0.4 is 15.5 Å². The first-order valence-corrected chi connectivity index (χ1v) is 11.0. The summed E-state index contributed by atoms with van der Waals surface area (Å²) in [5, 5.41) is 9.89. The van der Waals surface area contributed by atoms with Gasteiger partial charge < -0.3 is 20.4 Å². The Morgan fingerprint density at radius 3 is 2.67 bits per heavy atom. The van der Waals surface area contributed by atoms with Crippen molar-refractivity contribution in [2.45, 2.75) is 46.5 Å². The SMILES string of the molecule is CCNC(=NCCC(=O)N(CC)CC)NCCc1csc(N2CCCC2)n1. The lowest BCUT2D eigenvalue weighted by Gasteiger charge is -2.18. The molecular weight excluding hydrogens is 360 g/mol. The molecule has 0 aliphatic carbocycles. The van der Waals surface area contributed by atoms with Gasteiger partial charge in [-0.2, -0.15) is 0 Å². The zero-order valence-corrected chi connectivity index (χ0v) is 17.8. The van der Waals surface area contributed by atoms with Crippen LogP contribution in [0.3, 0.4) is 0 Å². The number of hydrogen-bond acceptors (Lipinski definition) is 5. The molecule has 2 heterocycles. The number of aromatic nitrogens is 1. The van der Waals surface area contributed by atoms with E-state index in [2.05, 4.69) is 25.9 Å². The van der Waals surface area contributed by atoms with Crippen LogP contribution in [0.1, 0.15) is 45.7 Å². The molecule has 2 N–H and O–H groups in total. The molecule has 2 rings (SSSR count). The normalized spacial score (nSPS) is 14.5. The molecule has 0 radical (unpaired) electrons. The van der Waals surface area contributed by atoms with Crippen LogP contribution in [-0.4, -0.2) is 67.6 Å². The van der Waals surface area contributed by atoms with Gasteiger partial charge in [0.1, 0.15) is 0 Å². The summed E-state index contributed by atoms with van der Waals surface area (Å²) in [7, 11) is 0. The number of thiazole rings is 1. The smallest absolute Gasteiger partial charge is 0.224 e. The number of guanidine groups is 1. The largest absolute Gasteiger partial charge is 0.357 e. The number of rotatable bonds is 10. The molecule has 1 fully saturated rings. The van der Waals surface area contributed by atoms with Crippen LogP contribution in [0, 0.1) is 0 Å². The molecule has 1 amide bonds. The minimum atomic E-state index is 0.163. The van der Waals surface area contributed by atoms with Gasteiger partial charge >= 0.3 is 0 Å². The zero-order valence-electron chi connectivity index (χ0n) is 17.0. The first-order chi connectivity index (χ1) is 13.2. The van der Waals surface area contributed by atoms with Crippen molar-refractivity contribution in [3.63, 3.8) is 0 Å². The highest BCUT2D eigenvalue weighted by Crippen LogP contribution is 2.24. The number of carbonyl (C=O) groups is 1. The lowest BCUT2D eigenvalue weighted by molar-refractivity contribution is -0.130. The minimum Gasteiger partial charge on any atom is -0.357 e. The number of amides is 1. The molecule has 0 unspecified atom stereocenters. The Morgan fingerprint density at radius 2 is 2.00 bits per heavy atom.